The summed E-state index contributed by atoms with van der Waals surface area (Å²) >= 11 is 0. The van der Waals surface area contributed by atoms with Crippen LogP contribution in [0, 0.1) is 13.8 Å². The fourth-order valence-electron chi connectivity index (χ4n) is 14.8. The number of ether oxygens (including phenoxy) is 6. The van der Waals surface area contributed by atoms with Crippen molar-refractivity contribution in [3.63, 3.8) is 0 Å². The molecule has 6 aliphatic heterocycles. The van der Waals surface area contributed by atoms with E-state index < -0.39 is 272 Å². The second-order valence-corrected chi connectivity index (χ2v) is 36.1. The highest BCUT2D eigenvalue weighted by molar-refractivity contribution is 7.48. The standard InChI is InChI=1S/C60H75N24O36P5/c1-21-9-79(59(93)77-49(21)87)35-3-23(86)30(111-35)12-105-121(95,96)117-25-5-37(81-17-65-41-45(81)69-55(61)73-51(41)89)113-32(25)14-107-123(99,100)119-27-7-39(83-19-67-43-47(83)71-57(63)75-53(43)91)115-34(27)16-109-125(103,104)120-28-8-40(84-20-68-44-48(84)72-58(64)76-54(44)92)114-33(28)15-108-124(101,102)118-26-6-38(82-18-66-42-46(82)70-56(62)74-52(42)90)112-31(26)13-106-122(97,98)116-24-4-36(110-29(24)11-85)80-10-22(2)50(88)78-60(80)94/h9-10,17-20,23-40,85-86H,3-8,11-16H2,1-2H3,(H,95,96)(H,97,98)(H,99,100)(H,101,102)(H,103,104)(H,77,87,93)(H,78,88,94)(H3,61,69,73,89)(H3,62,70,74,90)(H3,63,71,75,91)(H3,64,72,76,92)/t23-,24-,25-,26-,27-,28-,29+,30+,31+,32+,33+,34+,35+,36+,37+,38+,39+,40+/m0/s1. The minimum atomic E-state index is -5.69. The molecule has 5 unspecified atom stereocenters. The molecule has 10 aromatic heterocycles. The summed E-state index contributed by atoms with van der Waals surface area (Å²) in [5.74, 6) is -1.57. The molecule has 16 rings (SSSR count). The quantitative estimate of drug-likeness (QED) is 0.0180. The molecule has 0 bridgehead atoms. The summed E-state index contributed by atoms with van der Waals surface area (Å²) in [6, 6.07) is 0. The number of aliphatic hydroxyl groups is 2. The Labute approximate surface area is 690 Å². The molecule has 65 heteroatoms. The zero-order chi connectivity index (χ0) is 89.0. The third kappa shape index (κ3) is 19.0. The van der Waals surface area contributed by atoms with Crippen LogP contribution in [0.5, 0.6) is 0 Å². The number of nitrogens with two attached hydrogens (primary N) is 4. The van der Waals surface area contributed by atoms with Gasteiger partial charge in [-0.2, -0.15) is 19.9 Å². The maximum atomic E-state index is 14.6. The van der Waals surface area contributed by atoms with Gasteiger partial charge in [0, 0.05) is 62.0 Å². The molecule has 0 amide bonds. The molecule has 60 nitrogen and oxygen atoms in total. The van der Waals surface area contributed by atoms with Crippen molar-refractivity contribution in [2.24, 2.45) is 0 Å². The maximum absolute atomic E-state index is 14.6. The van der Waals surface area contributed by atoms with E-state index in [1.165, 1.54) is 24.6 Å². The van der Waals surface area contributed by atoms with Crippen molar-refractivity contribution in [1.82, 2.24) is 97.2 Å². The number of fused-ring (bicyclic) bond motifs is 4. The van der Waals surface area contributed by atoms with Gasteiger partial charge in [0.15, 0.2) is 44.7 Å². The Bertz CT molecular complexity index is 6600. The summed E-state index contributed by atoms with van der Waals surface area (Å²) in [5.41, 5.74) is 15.4. The van der Waals surface area contributed by atoms with Gasteiger partial charge < -0.3 is 86.0 Å². The van der Waals surface area contributed by atoms with E-state index in [0.717, 1.165) is 54.3 Å². The van der Waals surface area contributed by atoms with E-state index >= 15 is 0 Å². The third-order valence-electron chi connectivity index (χ3n) is 20.6. The first kappa shape index (κ1) is 88.6. The lowest BCUT2D eigenvalue weighted by atomic mass is 10.2. The fourth-order valence-corrected chi connectivity index (χ4v) is 19.6. The van der Waals surface area contributed by atoms with Gasteiger partial charge in [-0.05, 0) is 13.8 Å². The summed E-state index contributed by atoms with van der Waals surface area (Å²) in [7, 11) is -27.7. The van der Waals surface area contributed by atoms with Crippen molar-refractivity contribution in [2.45, 2.75) is 163 Å². The van der Waals surface area contributed by atoms with Gasteiger partial charge in [0.05, 0.1) is 71.1 Å². The number of aromatic amines is 6. The van der Waals surface area contributed by atoms with Crippen LogP contribution in [0.25, 0.3) is 44.7 Å². The lowest BCUT2D eigenvalue weighted by molar-refractivity contribution is -0.0641. The van der Waals surface area contributed by atoms with Crippen LogP contribution >= 0.6 is 39.1 Å². The Morgan fingerprint density at radius 2 is 0.592 bits per heavy atom. The second kappa shape index (κ2) is 34.4. The number of aryl methyl sites for hydroxylation is 2. The summed E-state index contributed by atoms with van der Waals surface area (Å²) in [5, 5.41) is 21.1. The number of nitrogens with zero attached hydrogens (tertiary/aromatic N) is 14. The van der Waals surface area contributed by atoms with Crippen LogP contribution in [-0.2, 0) is 96.5 Å². The van der Waals surface area contributed by atoms with Crippen LogP contribution < -0.4 is 67.7 Å². The lowest BCUT2D eigenvalue weighted by Crippen LogP contribution is -2.33. The number of anilines is 4. The number of nitrogen functional groups attached to an aromatic ring is 4. The van der Waals surface area contributed by atoms with E-state index in [0.29, 0.717) is 0 Å². The molecule has 0 radical (unpaired) electrons. The normalized spacial score (nSPS) is 29.0. The number of hydrogen-bond donors (Lipinski definition) is 17. The molecule has 0 spiro atoms. The molecule has 6 aliphatic rings. The molecule has 676 valence electrons. The number of imidazole rings is 4. The van der Waals surface area contributed by atoms with Crippen LogP contribution in [0.2, 0.25) is 0 Å². The van der Waals surface area contributed by atoms with Crippen molar-refractivity contribution in [3.8, 4) is 0 Å². The van der Waals surface area contributed by atoms with Crippen LogP contribution in [0.3, 0.4) is 0 Å². The molecule has 125 heavy (non-hydrogen) atoms. The largest absolute Gasteiger partial charge is 0.472 e. The summed E-state index contributed by atoms with van der Waals surface area (Å²) in [6.45, 7) is -3.30. The van der Waals surface area contributed by atoms with Crippen molar-refractivity contribution in [2.75, 3.05) is 62.6 Å². The maximum Gasteiger partial charge on any atom is 0.472 e. The Morgan fingerprint density at radius 3 is 0.864 bits per heavy atom. The molecule has 6 fully saturated rings. The SMILES string of the molecule is Cc1cn([C@H]2C[C@H](OP(=O)(O)OC[C@H]3O[C@@H](n4cnc5c(=O)[nH]c(N)nc54)C[C@@H]3OP(=O)(O)OC[C@H]3O[C@@H](n4cnc5c(=O)[nH]c(N)nc54)C[C@@H]3OP(=O)(O)OC[C@H]3O[C@@H](n4cnc5c(=O)[nH]c(N)nc54)C[C@@H]3OP(=O)(O)OC[C@H]3O[C@@H](n4cnc5c(=O)[nH]c(N)nc54)C[C@@H]3OP(=O)(O)OC[C@H]3O[C@@H](n4cc(C)c(=O)[nH]c4=O)C[C@@H]3O)[C@@H](CO)O2)c(=O)[nH]c1=O. The van der Waals surface area contributed by atoms with E-state index in [1.807, 2.05) is 0 Å². The average molecular weight is 1860 g/mol. The van der Waals surface area contributed by atoms with E-state index in [4.69, 9.17) is 96.6 Å². The first-order valence-corrected chi connectivity index (χ1v) is 44.6. The van der Waals surface area contributed by atoms with Crippen molar-refractivity contribution < 1.29 is 131 Å². The molecule has 21 N–H and O–H groups in total. The highest BCUT2D eigenvalue weighted by Gasteiger charge is 2.52. The molecule has 23 atom stereocenters. The average Bonchev–Trinajstić information content (AvgIpc) is 1.64. The van der Waals surface area contributed by atoms with Crippen molar-refractivity contribution in [1.29, 1.82) is 0 Å². The van der Waals surface area contributed by atoms with Crippen molar-refractivity contribution in [3.05, 3.63) is 132 Å². The van der Waals surface area contributed by atoms with E-state index in [-0.39, 0.29) is 80.5 Å². The van der Waals surface area contributed by atoms with E-state index in [2.05, 4.69) is 69.8 Å². The molecular weight excluding hydrogens is 1790 g/mol. The van der Waals surface area contributed by atoms with Gasteiger partial charge in [-0.3, -0.25) is 131 Å². The number of phosphoric ester groups is 5. The zero-order valence-electron chi connectivity index (χ0n) is 64.1. The van der Waals surface area contributed by atoms with Crippen LogP contribution in [-0.4, -0.2) is 245 Å². The summed E-state index contributed by atoms with van der Waals surface area (Å²) < 4.78 is 170. The van der Waals surface area contributed by atoms with Gasteiger partial charge in [-0.25, -0.2) is 52.4 Å². The molecule has 16 heterocycles. The Hall–Kier alpha value is -9.81. The van der Waals surface area contributed by atoms with Gasteiger partial charge >= 0.3 is 50.5 Å². The predicted molar refractivity (Wildman–Crippen MR) is 410 cm³/mol. The second-order valence-electron chi connectivity index (χ2n) is 29.0. The number of phosphoric acid groups is 5. The summed E-state index contributed by atoms with van der Waals surface area (Å²) in [4.78, 5) is 205. The number of aliphatic hydroxyl groups excluding tert-OH is 2. The van der Waals surface area contributed by atoms with Crippen LogP contribution in [0.1, 0.15) is 87.0 Å². The Morgan fingerprint density at radius 1 is 0.360 bits per heavy atom. The van der Waals surface area contributed by atoms with E-state index in [1.54, 1.807) is 0 Å². The predicted octanol–water partition coefficient (Wildman–Crippen LogP) is -3.85. The smallest absolute Gasteiger partial charge is 0.394 e. The molecular formula is C60H75N24O36P5. The van der Waals surface area contributed by atoms with Gasteiger partial charge in [0.2, 0.25) is 23.8 Å². The minimum Gasteiger partial charge on any atom is -0.394 e. The van der Waals surface area contributed by atoms with Gasteiger partial charge in [-0.15, -0.1) is 0 Å². The van der Waals surface area contributed by atoms with Crippen LogP contribution in [0.15, 0.2) is 76.1 Å². The number of hydrogen-bond acceptors (Lipinski definition) is 43. The van der Waals surface area contributed by atoms with Crippen LogP contribution in [0.4, 0.5) is 23.8 Å². The first-order valence-electron chi connectivity index (χ1n) is 37.1. The minimum absolute atomic E-state index is 0.0894. The number of H-pyrrole nitrogens is 6. The highest BCUT2D eigenvalue weighted by Crippen LogP contribution is 2.57. The number of nitrogens with one attached hydrogen (secondary N) is 6. The number of aromatic nitrogens is 20. The Balaban J connectivity index is 0.625. The molecule has 0 saturated carbocycles. The zero-order valence-corrected chi connectivity index (χ0v) is 68.6. The van der Waals surface area contributed by atoms with Crippen molar-refractivity contribution >= 4 is 108 Å². The molecule has 6 saturated heterocycles. The summed E-state index contributed by atoms with van der Waals surface area (Å²) in [6.07, 6.45) is -23.9. The van der Waals surface area contributed by atoms with Gasteiger partial charge in [0.1, 0.15) is 105 Å². The molecule has 0 aromatic carbocycles. The molecule has 10 aromatic rings. The number of rotatable bonds is 32. The monoisotopic (exact) mass is 1860 g/mol. The van der Waals surface area contributed by atoms with Gasteiger partial charge in [-0.1, -0.05) is 0 Å². The lowest BCUT2D eigenvalue weighted by Gasteiger charge is -2.26. The highest BCUT2D eigenvalue weighted by atomic mass is 31.2. The first-order chi connectivity index (χ1) is 59.1. The fraction of sp³-hybridized carbons (Fsp3) is 0.533. The van der Waals surface area contributed by atoms with Gasteiger partial charge in [0.25, 0.3) is 33.4 Å². The van der Waals surface area contributed by atoms with E-state index in [9.17, 15) is 95.9 Å². The third-order valence-corrected chi connectivity index (χ3v) is 25.7. The molecule has 0 aliphatic carbocycles. The Kier molecular flexibility index (Phi) is 24.4. The topological polar surface area (TPSA) is 843 Å².